The van der Waals surface area contributed by atoms with E-state index in [1.807, 2.05) is 0 Å². The van der Waals surface area contributed by atoms with Crippen molar-refractivity contribution in [1.29, 1.82) is 0 Å². The maximum absolute atomic E-state index is 11.8. The van der Waals surface area contributed by atoms with Gasteiger partial charge in [-0.1, -0.05) is 12.1 Å². The fourth-order valence-electron chi connectivity index (χ4n) is 1.80. The second kappa shape index (κ2) is 6.19. The molecular formula is C13H16N2O4. The van der Waals surface area contributed by atoms with Crippen LogP contribution in [0.15, 0.2) is 24.3 Å². The van der Waals surface area contributed by atoms with E-state index in [2.05, 4.69) is 0 Å². The molecule has 0 aliphatic carbocycles. The first-order valence-electron chi connectivity index (χ1n) is 6.13. The van der Waals surface area contributed by atoms with Crippen LogP contribution in [0.2, 0.25) is 0 Å². The smallest absolute Gasteiger partial charge is 0.283 e. The first kappa shape index (κ1) is 13.4. The summed E-state index contributed by atoms with van der Waals surface area (Å²) in [6, 6.07) is 6.55. The summed E-state index contributed by atoms with van der Waals surface area (Å²) in [6.45, 7) is 0.938. The lowest BCUT2D eigenvalue weighted by molar-refractivity contribution is -0.198. The van der Waals surface area contributed by atoms with Gasteiger partial charge in [-0.3, -0.25) is 14.4 Å². The fourth-order valence-corrected chi connectivity index (χ4v) is 1.80. The van der Waals surface area contributed by atoms with Crippen LogP contribution in [0.1, 0.15) is 23.2 Å². The number of primary amides is 1. The zero-order chi connectivity index (χ0) is 13.7. The number of amides is 2. The standard InChI is InChI=1S/C13H16N2O4/c14-13(17)10-5-1-2-6-11(10)18-9-12(16)15-7-3-4-8-19-15/h1-2,5-6H,3-4,7-9H2,(H2,14,17). The average molecular weight is 264 g/mol. The molecule has 0 unspecified atom stereocenters. The van der Waals surface area contributed by atoms with Gasteiger partial charge in [-0.15, -0.1) is 0 Å². The maximum Gasteiger partial charge on any atom is 0.283 e. The van der Waals surface area contributed by atoms with Gasteiger partial charge in [0.05, 0.1) is 12.2 Å². The highest BCUT2D eigenvalue weighted by Gasteiger charge is 2.19. The molecule has 102 valence electrons. The molecule has 1 aromatic rings. The number of ether oxygens (including phenoxy) is 1. The van der Waals surface area contributed by atoms with E-state index < -0.39 is 5.91 Å². The largest absolute Gasteiger partial charge is 0.483 e. The average Bonchev–Trinajstić information content (AvgIpc) is 2.46. The summed E-state index contributed by atoms with van der Waals surface area (Å²) in [7, 11) is 0. The molecule has 1 aliphatic heterocycles. The highest BCUT2D eigenvalue weighted by atomic mass is 16.7. The van der Waals surface area contributed by atoms with Gasteiger partial charge in [-0.05, 0) is 25.0 Å². The molecule has 2 N–H and O–H groups in total. The van der Waals surface area contributed by atoms with Crippen molar-refractivity contribution in [1.82, 2.24) is 5.06 Å². The number of hydrogen-bond acceptors (Lipinski definition) is 4. The van der Waals surface area contributed by atoms with Gasteiger partial charge in [0.15, 0.2) is 6.61 Å². The van der Waals surface area contributed by atoms with Crippen LogP contribution in [0.3, 0.4) is 0 Å². The van der Waals surface area contributed by atoms with Crippen molar-refractivity contribution in [2.24, 2.45) is 5.73 Å². The van der Waals surface area contributed by atoms with Crippen LogP contribution in [0.5, 0.6) is 5.75 Å². The van der Waals surface area contributed by atoms with E-state index in [4.69, 9.17) is 15.3 Å². The number of carbonyl (C=O) groups is 2. The fraction of sp³-hybridized carbons (Fsp3) is 0.385. The van der Waals surface area contributed by atoms with E-state index >= 15 is 0 Å². The molecule has 1 saturated heterocycles. The summed E-state index contributed by atoms with van der Waals surface area (Å²) < 4.78 is 5.34. The lowest BCUT2D eigenvalue weighted by Gasteiger charge is -2.25. The maximum atomic E-state index is 11.8. The van der Waals surface area contributed by atoms with E-state index in [1.165, 1.54) is 5.06 Å². The summed E-state index contributed by atoms with van der Waals surface area (Å²) in [6.07, 6.45) is 1.87. The molecule has 1 heterocycles. The Labute approximate surface area is 111 Å². The molecule has 1 fully saturated rings. The summed E-state index contributed by atoms with van der Waals surface area (Å²) >= 11 is 0. The van der Waals surface area contributed by atoms with Crippen LogP contribution < -0.4 is 10.5 Å². The van der Waals surface area contributed by atoms with Gasteiger partial charge in [0.1, 0.15) is 5.75 Å². The number of nitrogens with zero attached hydrogens (tertiary/aromatic N) is 1. The van der Waals surface area contributed by atoms with Gasteiger partial charge in [0.25, 0.3) is 11.8 Å². The number of nitrogens with two attached hydrogens (primary N) is 1. The highest BCUT2D eigenvalue weighted by molar-refractivity contribution is 5.95. The van der Waals surface area contributed by atoms with Crippen molar-refractivity contribution in [3.63, 3.8) is 0 Å². The summed E-state index contributed by atoms with van der Waals surface area (Å²) in [5.41, 5.74) is 5.48. The Kier molecular flexibility index (Phi) is 4.35. The Balaban J connectivity index is 1.94. The zero-order valence-electron chi connectivity index (χ0n) is 10.5. The SMILES string of the molecule is NC(=O)c1ccccc1OCC(=O)N1CCCCO1. The van der Waals surface area contributed by atoms with Crippen molar-refractivity contribution in [3.8, 4) is 5.75 Å². The van der Waals surface area contributed by atoms with E-state index in [1.54, 1.807) is 24.3 Å². The minimum Gasteiger partial charge on any atom is -0.483 e. The van der Waals surface area contributed by atoms with Crippen LogP contribution >= 0.6 is 0 Å². The topological polar surface area (TPSA) is 81.9 Å². The molecule has 0 bridgehead atoms. The third-order valence-corrected chi connectivity index (χ3v) is 2.78. The Morgan fingerprint density at radius 3 is 2.79 bits per heavy atom. The number of para-hydroxylation sites is 1. The molecule has 2 amide bonds. The molecular weight excluding hydrogens is 248 g/mol. The molecule has 0 atom stereocenters. The Morgan fingerprint density at radius 1 is 1.32 bits per heavy atom. The Bertz CT molecular complexity index is 469. The van der Waals surface area contributed by atoms with Gasteiger partial charge in [0, 0.05) is 6.54 Å². The van der Waals surface area contributed by atoms with Crippen molar-refractivity contribution >= 4 is 11.8 Å². The number of carbonyl (C=O) groups excluding carboxylic acids is 2. The number of hydrogen-bond donors (Lipinski definition) is 1. The molecule has 0 spiro atoms. The Morgan fingerprint density at radius 2 is 2.11 bits per heavy atom. The third kappa shape index (κ3) is 3.45. The lowest BCUT2D eigenvalue weighted by Crippen LogP contribution is -2.38. The zero-order valence-corrected chi connectivity index (χ0v) is 10.5. The predicted molar refractivity (Wildman–Crippen MR) is 67.4 cm³/mol. The molecule has 6 heteroatoms. The monoisotopic (exact) mass is 264 g/mol. The first-order chi connectivity index (χ1) is 9.18. The Hall–Kier alpha value is -2.08. The van der Waals surface area contributed by atoms with E-state index in [-0.39, 0.29) is 18.1 Å². The molecule has 1 aliphatic rings. The van der Waals surface area contributed by atoms with Crippen molar-refractivity contribution in [2.45, 2.75) is 12.8 Å². The summed E-state index contributed by atoms with van der Waals surface area (Å²) in [4.78, 5) is 28.2. The number of hydroxylamine groups is 2. The quantitative estimate of drug-likeness (QED) is 0.868. The van der Waals surface area contributed by atoms with Gasteiger partial charge >= 0.3 is 0 Å². The van der Waals surface area contributed by atoms with Crippen molar-refractivity contribution in [3.05, 3.63) is 29.8 Å². The van der Waals surface area contributed by atoms with Crippen LogP contribution in [0.4, 0.5) is 0 Å². The first-order valence-corrected chi connectivity index (χ1v) is 6.13. The second-order valence-corrected chi connectivity index (χ2v) is 4.19. The predicted octanol–water partition coefficient (Wildman–Crippen LogP) is 0.718. The third-order valence-electron chi connectivity index (χ3n) is 2.78. The molecule has 19 heavy (non-hydrogen) atoms. The van der Waals surface area contributed by atoms with Crippen LogP contribution in [0, 0.1) is 0 Å². The van der Waals surface area contributed by atoms with Crippen LogP contribution in [-0.4, -0.2) is 36.6 Å². The highest BCUT2D eigenvalue weighted by Crippen LogP contribution is 2.17. The van der Waals surface area contributed by atoms with Gasteiger partial charge in [-0.25, -0.2) is 5.06 Å². The van der Waals surface area contributed by atoms with Crippen molar-refractivity contribution in [2.75, 3.05) is 19.8 Å². The molecule has 1 aromatic carbocycles. The molecule has 6 nitrogen and oxygen atoms in total. The van der Waals surface area contributed by atoms with Gasteiger partial charge < -0.3 is 10.5 Å². The molecule has 0 saturated carbocycles. The van der Waals surface area contributed by atoms with Crippen molar-refractivity contribution < 1.29 is 19.2 Å². The lowest BCUT2D eigenvalue weighted by atomic mass is 10.2. The molecule has 2 rings (SSSR count). The van der Waals surface area contributed by atoms with Gasteiger partial charge in [0.2, 0.25) is 0 Å². The normalized spacial score (nSPS) is 15.1. The van der Waals surface area contributed by atoms with Gasteiger partial charge in [-0.2, -0.15) is 0 Å². The van der Waals surface area contributed by atoms with E-state index in [9.17, 15) is 9.59 Å². The minimum absolute atomic E-state index is 0.176. The molecule has 0 aromatic heterocycles. The van der Waals surface area contributed by atoms with Crippen LogP contribution in [-0.2, 0) is 9.63 Å². The summed E-state index contributed by atoms with van der Waals surface area (Å²) in [5.74, 6) is -0.545. The minimum atomic E-state index is -0.586. The number of benzene rings is 1. The second-order valence-electron chi connectivity index (χ2n) is 4.19. The number of rotatable bonds is 4. The molecule has 0 radical (unpaired) electrons. The van der Waals surface area contributed by atoms with E-state index in [0.717, 1.165) is 12.8 Å². The van der Waals surface area contributed by atoms with Crippen LogP contribution in [0.25, 0.3) is 0 Å². The summed E-state index contributed by atoms with van der Waals surface area (Å²) in [5, 5.41) is 1.30. The van der Waals surface area contributed by atoms with E-state index in [0.29, 0.717) is 18.9 Å².